The van der Waals surface area contributed by atoms with E-state index in [1.807, 2.05) is 6.92 Å². The normalized spacial score (nSPS) is 11.7. The summed E-state index contributed by atoms with van der Waals surface area (Å²) < 4.78 is 26.8. The number of nitrogens with two attached hydrogens (primary N) is 1. The molecule has 1 aromatic heterocycles. The largest absolute Gasteiger partial charge is 0.326 e. The van der Waals surface area contributed by atoms with Gasteiger partial charge >= 0.3 is 0 Å². The van der Waals surface area contributed by atoms with E-state index >= 15 is 0 Å². The third kappa shape index (κ3) is 3.19. The van der Waals surface area contributed by atoms with Crippen molar-refractivity contribution in [2.75, 3.05) is 0 Å². The van der Waals surface area contributed by atoms with Gasteiger partial charge in [0.2, 0.25) is 10.0 Å². The second kappa shape index (κ2) is 5.52. The Morgan fingerprint density at radius 1 is 1.42 bits per heavy atom. The first-order chi connectivity index (χ1) is 9.03. The number of benzene rings is 1. The molecule has 0 fully saturated rings. The Kier molecular flexibility index (Phi) is 3.98. The quantitative estimate of drug-likeness (QED) is 0.748. The fourth-order valence-electron chi connectivity index (χ4n) is 1.67. The number of sulfonamides is 1. The molecule has 0 radical (unpaired) electrons. The maximum Gasteiger partial charge on any atom is 0.240 e. The van der Waals surface area contributed by atoms with E-state index in [9.17, 15) is 8.42 Å². The van der Waals surface area contributed by atoms with Gasteiger partial charge in [0.25, 0.3) is 0 Å². The van der Waals surface area contributed by atoms with Crippen LogP contribution in [0.1, 0.15) is 16.7 Å². The number of aromatic amines is 1. The molecule has 0 aliphatic carbocycles. The zero-order valence-corrected chi connectivity index (χ0v) is 11.4. The van der Waals surface area contributed by atoms with Crippen molar-refractivity contribution < 1.29 is 8.42 Å². The molecule has 0 amide bonds. The van der Waals surface area contributed by atoms with Gasteiger partial charge in [-0.3, -0.25) is 5.10 Å². The summed E-state index contributed by atoms with van der Waals surface area (Å²) in [5.41, 5.74) is 8.17. The average Bonchev–Trinajstić information content (AvgIpc) is 2.90. The summed E-state index contributed by atoms with van der Waals surface area (Å²) in [4.78, 5) is 0.224. The van der Waals surface area contributed by atoms with Crippen LogP contribution < -0.4 is 10.5 Å². The van der Waals surface area contributed by atoms with Crippen molar-refractivity contribution in [1.29, 1.82) is 0 Å². The van der Waals surface area contributed by atoms with Crippen molar-refractivity contribution in [3.8, 4) is 0 Å². The monoisotopic (exact) mass is 280 g/mol. The Bertz CT molecular complexity index is 650. The second-order valence-corrected chi connectivity index (χ2v) is 5.99. The first-order valence-electron chi connectivity index (χ1n) is 5.80. The Morgan fingerprint density at radius 2 is 2.21 bits per heavy atom. The van der Waals surface area contributed by atoms with E-state index in [-0.39, 0.29) is 11.4 Å². The van der Waals surface area contributed by atoms with Gasteiger partial charge in [-0.15, -0.1) is 0 Å². The Morgan fingerprint density at radius 3 is 2.84 bits per heavy atom. The number of nitrogens with zero attached hydrogens (tertiary/aromatic N) is 1. The number of aromatic nitrogens is 2. The van der Waals surface area contributed by atoms with Crippen LogP contribution in [0, 0.1) is 6.92 Å². The van der Waals surface area contributed by atoms with Gasteiger partial charge < -0.3 is 5.73 Å². The van der Waals surface area contributed by atoms with E-state index in [1.165, 1.54) is 0 Å². The molecule has 0 aliphatic rings. The minimum atomic E-state index is -3.53. The second-order valence-electron chi connectivity index (χ2n) is 4.22. The van der Waals surface area contributed by atoms with Crippen molar-refractivity contribution in [3.63, 3.8) is 0 Å². The van der Waals surface area contributed by atoms with Crippen LogP contribution in [0.2, 0.25) is 0 Å². The summed E-state index contributed by atoms with van der Waals surface area (Å²) >= 11 is 0. The molecule has 0 bridgehead atoms. The Labute approximate surface area is 112 Å². The lowest BCUT2D eigenvalue weighted by molar-refractivity contribution is 0.581. The molecule has 6 nitrogen and oxygen atoms in total. The molecule has 0 aliphatic heterocycles. The van der Waals surface area contributed by atoms with Crippen LogP contribution in [0.4, 0.5) is 0 Å². The van der Waals surface area contributed by atoms with Crippen molar-refractivity contribution in [1.82, 2.24) is 14.9 Å². The standard InChI is InChI=1S/C12H16N4O2S/c1-9-2-3-12(4-11(9)5-13)19(17,18)16-8-10-6-14-15-7-10/h2-4,6-7,16H,5,8,13H2,1H3,(H,14,15). The predicted molar refractivity (Wildman–Crippen MR) is 71.7 cm³/mol. The van der Waals surface area contributed by atoms with Crippen molar-refractivity contribution in [3.05, 3.63) is 47.3 Å². The average molecular weight is 280 g/mol. The van der Waals surface area contributed by atoms with Crippen LogP contribution >= 0.6 is 0 Å². The molecule has 7 heteroatoms. The van der Waals surface area contributed by atoms with E-state index in [0.29, 0.717) is 6.54 Å². The van der Waals surface area contributed by atoms with E-state index in [4.69, 9.17) is 5.73 Å². The fraction of sp³-hybridized carbons (Fsp3) is 0.250. The topological polar surface area (TPSA) is 101 Å². The van der Waals surface area contributed by atoms with E-state index < -0.39 is 10.0 Å². The summed E-state index contributed by atoms with van der Waals surface area (Å²) in [5.74, 6) is 0. The van der Waals surface area contributed by atoms with Gasteiger partial charge in [-0.25, -0.2) is 13.1 Å². The molecule has 1 heterocycles. The van der Waals surface area contributed by atoms with Crippen LogP contribution in [-0.4, -0.2) is 18.6 Å². The molecule has 0 saturated carbocycles. The van der Waals surface area contributed by atoms with Gasteiger partial charge in [0.1, 0.15) is 0 Å². The molecule has 1 aromatic carbocycles. The van der Waals surface area contributed by atoms with Crippen LogP contribution in [-0.2, 0) is 23.1 Å². The highest BCUT2D eigenvalue weighted by atomic mass is 32.2. The molecular weight excluding hydrogens is 264 g/mol. The first-order valence-corrected chi connectivity index (χ1v) is 7.28. The zero-order valence-electron chi connectivity index (χ0n) is 10.6. The summed E-state index contributed by atoms with van der Waals surface area (Å²) in [7, 11) is -3.53. The third-order valence-corrected chi connectivity index (χ3v) is 4.27. The predicted octanol–water partition coefficient (Wildman–Crippen LogP) is 0.655. The molecule has 0 spiro atoms. The highest BCUT2D eigenvalue weighted by Gasteiger charge is 2.14. The van der Waals surface area contributed by atoms with E-state index in [0.717, 1.165) is 16.7 Å². The van der Waals surface area contributed by atoms with Gasteiger partial charge in [0, 0.05) is 24.8 Å². The summed E-state index contributed by atoms with van der Waals surface area (Å²) in [6.45, 7) is 2.42. The van der Waals surface area contributed by atoms with Gasteiger partial charge in [-0.1, -0.05) is 6.07 Å². The van der Waals surface area contributed by atoms with Crippen LogP contribution in [0.5, 0.6) is 0 Å². The summed E-state index contributed by atoms with van der Waals surface area (Å²) in [5, 5.41) is 6.39. The van der Waals surface area contributed by atoms with Gasteiger partial charge in [0.05, 0.1) is 11.1 Å². The van der Waals surface area contributed by atoms with Crippen molar-refractivity contribution in [2.45, 2.75) is 24.9 Å². The fourth-order valence-corrected chi connectivity index (χ4v) is 2.74. The minimum absolute atomic E-state index is 0.199. The maximum atomic E-state index is 12.1. The van der Waals surface area contributed by atoms with Gasteiger partial charge in [-0.05, 0) is 30.2 Å². The lowest BCUT2D eigenvalue weighted by Gasteiger charge is -2.09. The maximum absolute atomic E-state index is 12.1. The zero-order chi connectivity index (χ0) is 13.9. The molecule has 4 N–H and O–H groups in total. The number of rotatable bonds is 5. The van der Waals surface area contributed by atoms with E-state index in [1.54, 1.807) is 30.6 Å². The molecule has 102 valence electrons. The lowest BCUT2D eigenvalue weighted by atomic mass is 10.1. The first kappa shape index (κ1) is 13.7. The number of hydrogen-bond acceptors (Lipinski definition) is 4. The molecule has 0 unspecified atom stereocenters. The SMILES string of the molecule is Cc1ccc(S(=O)(=O)NCc2cn[nH]c2)cc1CN. The smallest absolute Gasteiger partial charge is 0.240 e. The minimum Gasteiger partial charge on any atom is -0.326 e. The molecule has 0 atom stereocenters. The highest BCUT2D eigenvalue weighted by Crippen LogP contribution is 2.15. The van der Waals surface area contributed by atoms with Crippen LogP contribution in [0.25, 0.3) is 0 Å². The number of aryl methyl sites for hydroxylation is 1. The number of H-pyrrole nitrogens is 1. The van der Waals surface area contributed by atoms with Gasteiger partial charge in [0.15, 0.2) is 0 Å². The molecule has 2 rings (SSSR count). The highest BCUT2D eigenvalue weighted by molar-refractivity contribution is 7.89. The van der Waals surface area contributed by atoms with Crippen LogP contribution in [0.15, 0.2) is 35.5 Å². The van der Waals surface area contributed by atoms with Gasteiger partial charge in [-0.2, -0.15) is 5.10 Å². The summed E-state index contributed by atoms with van der Waals surface area (Å²) in [6.07, 6.45) is 3.21. The summed E-state index contributed by atoms with van der Waals surface area (Å²) in [6, 6.07) is 4.94. The number of nitrogens with one attached hydrogen (secondary N) is 2. The Balaban J connectivity index is 2.19. The molecular formula is C12H16N4O2S. The van der Waals surface area contributed by atoms with Crippen LogP contribution in [0.3, 0.4) is 0 Å². The lowest BCUT2D eigenvalue weighted by Crippen LogP contribution is -2.23. The molecule has 2 aromatic rings. The Hall–Kier alpha value is -1.70. The molecule has 19 heavy (non-hydrogen) atoms. The van der Waals surface area contributed by atoms with Crippen molar-refractivity contribution in [2.24, 2.45) is 5.73 Å². The number of hydrogen-bond donors (Lipinski definition) is 3. The van der Waals surface area contributed by atoms with E-state index in [2.05, 4.69) is 14.9 Å². The van der Waals surface area contributed by atoms with Crippen molar-refractivity contribution >= 4 is 10.0 Å². The molecule has 0 saturated heterocycles. The third-order valence-electron chi connectivity index (χ3n) is 2.87.